The van der Waals surface area contributed by atoms with E-state index >= 15 is 0 Å². The van der Waals surface area contributed by atoms with E-state index in [1.807, 2.05) is 44.3 Å². The van der Waals surface area contributed by atoms with E-state index in [0.717, 1.165) is 28.0 Å². The molecule has 1 aromatic heterocycles. The second-order valence-electron chi connectivity index (χ2n) is 7.13. The Bertz CT molecular complexity index is 958. The number of carbonyl (C=O) groups is 1. The van der Waals surface area contributed by atoms with Crippen LogP contribution in [0.2, 0.25) is 0 Å². The molecule has 0 spiro atoms. The smallest absolute Gasteiger partial charge is 0.405 e. The molecule has 1 aliphatic rings. The quantitative estimate of drug-likeness (QED) is 0.728. The number of nitrogens with one attached hydrogen (secondary N) is 1. The second-order valence-corrected chi connectivity index (χ2v) is 7.13. The summed E-state index contributed by atoms with van der Waals surface area (Å²) in [5.74, 6) is 0.731. The zero-order valence-corrected chi connectivity index (χ0v) is 14.2. The Morgan fingerprint density at radius 2 is 1.96 bits per heavy atom. The average Bonchev–Trinajstić information content (AvgIpc) is 3.04. The summed E-state index contributed by atoms with van der Waals surface area (Å²) in [4.78, 5) is 14.5. The summed E-state index contributed by atoms with van der Waals surface area (Å²) in [6, 6.07) is 14.3. The Kier molecular flexibility index (Phi) is 3.46. The molecular weight excluding hydrogens is 316 g/mol. The van der Waals surface area contributed by atoms with Gasteiger partial charge in [0.2, 0.25) is 0 Å². The van der Waals surface area contributed by atoms with Crippen molar-refractivity contribution in [3.05, 3.63) is 54.2 Å². The van der Waals surface area contributed by atoms with Crippen LogP contribution < -0.4 is 10.5 Å². The molecule has 2 heterocycles. The van der Waals surface area contributed by atoms with Gasteiger partial charge in [-0.3, -0.25) is 0 Å². The maximum Gasteiger partial charge on any atom is 0.405 e. The monoisotopic (exact) mass is 336 g/mol. The number of hydrogen-bond donors (Lipinski definition) is 2. The summed E-state index contributed by atoms with van der Waals surface area (Å²) in [5, 5.41) is 1.18. The van der Waals surface area contributed by atoms with Crippen molar-refractivity contribution in [3.63, 3.8) is 0 Å². The fourth-order valence-corrected chi connectivity index (χ4v) is 3.38. The maximum absolute atomic E-state index is 11.3. The number of aromatic nitrogens is 1. The molecule has 0 radical (unpaired) electrons. The van der Waals surface area contributed by atoms with Crippen molar-refractivity contribution in [3.8, 4) is 16.9 Å². The van der Waals surface area contributed by atoms with Crippen LogP contribution >= 0.6 is 0 Å². The molecule has 0 saturated carbocycles. The largest absolute Gasteiger partial charge is 0.492 e. The van der Waals surface area contributed by atoms with Gasteiger partial charge in [-0.1, -0.05) is 38.1 Å². The lowest BCUT2D eigenvalue weighted by Gasteiger charge is -2.38. The molecule has 3 N–H and O–H groups in total. The van der Waals surface area contributed by atoms with Gasteiger partial charge in [0.1, 0.15) is 11.9 Å². The van der Waals surface area contributed by atoms with Crippen LogP contribution in [0.15, 0.2) is 48.7 Å². The van der Waals surface area contributed by atoms with Crippen LogP contribution in [0.4, 0.5) is 4.79 Å². The predicted octanol–water partition coefficient (Wildman–Crippen LogP) is 4.39. The normalized spacial score (nSPS) is 18.4. The zero-order valence-electron chi connectivity index (χ0n) is 14.2. The van der Waals surface area contributed by atoms with Crippen molar-refractivity contribution in [2.45, 2.75) is 20.0 Å². The van der Waals surface area contributed by atoms with Gasteiger partial charge in [-0.25, -0.2) is 4.79 Å². The van der Waals surface area contributed by atoms with Crippen molar-refractivity contribution in [2.24, 2.45) is 11.1 Å². The highest BCUT2D eigenvalue weighted by molar-refractivity contribution is 5.85. The van der Waals surface area contributed by atoms with Crippen LogP contribution in [0.5, 0.6) is 5.75 Å². The number of nitrogens with two attached hydrogens (primary N) is 1. The van der Waals surface area contributed by atoms with E-state index in [1.54, 1.807) is 0 Å². The van der Waals surface area contributed by atoms with Crippen molar-refractivity contribution in [2.75, 3.05) is 6.61 Å². The number of H-pyrrole nitrogens is 1. The van der Waals surface area contributed by atoms with Gasteiger partial charge in [-0.2, -0.15) is 0 Å². The summed E-state index contributed by atoms with van der Waals surface area (Å²) in [7, 11) is 0. The predicted molar refractivity (Wildman–Crippen MR) is 96.4 cm³/mol. The number of aromatic amines is 1. The second kappa shape index (κ2) is 5.55. The Morgan fingerprint density at radius 1 is 1.20 bits per heavy atom. The number of carbonyl (C=O) groups excluding carboxylic acids is 1. The molecule has 0 bridgehead atoms. The molecule has 0 fully saturated rings. The van der Waals surface area contributed by atoms with E-state index < -0.39 is 12.2 Å². The molecule has 1 aliphatic heterocycles. The highest BCUT2D eigenvalue weighted by Crippen LogP contribution is 2.46. The first kappa shape index (κ1) is 15.6. The number of rotatable bonds is 2. The molecular formula is C20H20N2O3. The van der Waals surface area contributed by atoms with Gasteiger partial charge in [0.25, 0.3) is 0 Å². The molecule has 128 valence electrons. The first-order valence-corrected chi connectivity index (χ1v) is 8.24. The fraction of sp³-hybridized carbons (Fsp3) is 0.250. The summed E-state index contributed by atoms with van der Waals surface area (Å²) in [6.45, 7) is 4.45. The third-order valence-corrected chi connectivity index (χ3v) is 4.73. The Hall–Kier alpha value is -2.95. The fourth-order valence-electron chi connectivity index (χ4n) is 3.38. The summed E-state index contributed by atoms with van der Waals surface area (Å²) in [5.41, 5.74) is 9.00. The van der Waals surface area contributed by atoms with Crippen molar-refractivity contribution in [1.29, 1.82) is 0 Å². The minimum Gasteiger partial charge on any atom is -0.492 e. The number of fused-ring (bicyclic) bond motifs is 2. The van der Waals surface area contributed by atoms with Crippen LogP contribution in [-0.4, -0.2) is 17.7 Å². The molecule has 2 aromatic carbocycles. The van der Waals surface area contributed by atoms with Crippen LogP contribution in [0.3, 0.4) is 0 Å². The third-order valence-electron chi connectivity index (χ3n) is 4.73. The number of benzene rings is 2. The van der Waals surface area contributed by atoms with Gasteiger partial charge < -0.3 is 20.2 Å². The number of primary amides is 1. The van der Waals surface area contributed by atoms with Crippen molar-refractivity contribution < 1.29 is 14.3 Å². The van der Waals surface area contributed by atoms with Crippen molar-refractivity contribution >= 4 is 17.0 Å². The SMILES string of the molecule is CC1(C)COc2cc(-c3ccc4cc[nH]c4c3)ccc2C1OC(N)=O. The molecule has 4 rings (SSSR count). The van der Waals surface area contributed by atoms with Gasteiger partial charge in [-0.05, 0) is 34.7 Å². The molecule has 1 amide bonds. The molecule has 5 heteroatoms. The van der Waals surface area contributed by atoms with E-state index in [2.05, 4.69) is 23.2 Å². The van der Waals surface area contributed by atoms with Crippen LogP contribution in [0.1, 0.15) is 25.5 Å². The number of amides is 1. The van der Waals surface area contributed by atoms with E-state index in [1.165, 1.54) is 5.39 Å². The van der Waals surface area contributed by atoms with Crippen LogP contribution in [0, 0.1) is 5.41 Å². The summed E-state index contributed by atoms with van der Waals surface area (Å²) < 4.78 is 11.3. The molecule has 0 saturated heterocycles. The van der Waals surface area contributed by atoms with E-state index in [0.29, 0.717) is 6.61 Å². The van der Waals surface area contributed by atoms with E-state index in [4.69, 9.17) is 15.2 Å². The van der Waals surface area contributed by atoms with Crippen LogP contribution in [0.25, 0.3) is 22.0 Å². The number of ether oxygens (including phenoxy) is 2. The molecule has 1 unspecified atom stereocenters. The highest BCUT2D eigenvalue weighted by Gasteiger charge is 2.40. The lowest BCUT2D eigenvalue weighted by Crippen LogP contribution is -2.37. The zero-order chi connectivity index (χ0) is 17.6. The van der Waals surface area contributed by atoms with Crippen LogP contribution in [-0.2, 0) is 4.74 Å². The third kappa shape index (κ3) is 2.71. The van der Waals surface area contributed by atoms with Gasteiger partial charge in [0, 0.05) is 22.7 Å². The average molecular weight is 336 g/mol. The Labute approximate surface area is 145 Å². The Balaban J connectivity index is 1.75. The summed E-state index contributed by atoms with van der Waals surface area (Å²) >= 11 is 0. The standard InChI is InChI=1S/C20H20N2O3/c1-20(2)11-24-17-10-14(5-6-15(17)18(20)25-19(21)23)13-4-3-12-7-8-22-16(12)9-13/h3-10,18,22H,11H2,1-2H3,(H2,21,23). The molecule has 25 heavy (non-hydrogen) atoms. The number of hydrogen-bond acceptors (Lipinski definition) is 3. The lowest BCUT2D eigenvalue weighted by molar-refractivity contribution is -0.0176. The molecule has 5 nitrogen and oxygen atoms in total. The first-order valence-electron chi connectivity index (χ1n) is 8.24. The molecule has 3 aromatic rings. The lowest BCUT2D eigenvalue weighted by atomic mass is 9.80. The minimum atomic E-state index is -0.771. The topological polar surface area (TPSA) is 77.3 Å². The van der Waals surface area contributed by atoms with Gasteiger partial charge in [0.05, 0.1) is 6.61 Å². The Morgan fingerprint density at radius 3 is 2.76 bits per heavy atom. The maximum atomic E-state index is 11.3. The molecule has 1 atom stereocenters. The van der Waals surface area contributed by atoms with Crippen molar-refractivity contribution in [1.82, 2.24) is 4.98 Å². The highest BCUT2D eigenvalue weighted by atomic mass is 16.6. The van der Waals surface area contributed by atoms with Gasteiger partial charge in [-0.15, -0.1) is 0 Å². The minimum absolute atomic E-state index is 0.341. The van der Waals surface area contributed by atoms with Gasteiger partial charge in [0.15, 0.2) is 0 Å². The van der Waals surface area contributed by atoms with E-state index in [9.17, 15) is 4.79 Å². The van der Waals surface area contributed by atoms with Gasteiger partial charge >= 0.3 is 6.09 Å². The molecule has 0 aliphatic carbocycles. The van der Waals surface area contributed by atoms with E-state index in [-0.39, 0.29) is 5.41 Å². The summed E-state index contributed by atoms with van der Waals surface area (Å²) in [6.07, 6.45) is 0.735. The first-order chi connectivity index (χ1) is 11.9.